The number of aryl methyl sites for hydroxylation is 2. The second-order valence-electron chi connectivity index (χ2n) is 7.86. The van der Waals surface area contributed by atoms with Crippen LogP contribution in [0.3, 0.4) is 0 Å². The van der Waals surface area contributed by atoms with Gasteiger partial charge in [0, 0.05) is 24.2 Å². The van der Waals surface area contributed by atoms with Crippen molar-refractivity contribution in [3.05, 3.63) is 81.6 Å². The molecule has 8 nitrogen and oxygen atoms in total. The summed E-state index contributed by atoms with van der Waals surface area (Å²) in [5.74, 6) is -0.744. The van der Waals surface area contributed by atoms with Crippen LogP contribution in [0.25, 0.3) is 0 Å². The topological polar surface area (TPSA) is 93.9 Å². The molecule has 3 aromatic rings. The fraction of sp³-hybridized carbons (Fsp3) is 0.292. The lowest BCUT2D eigenvalue weighted by Crippen LogP contribution is -2.41. The van der Waals surface area contributed by atoms with Crippen molar-refractivity contribution < 1.29 is 24.2 Å². The molecule has 1 aliphatic rings. The SMILES string of the molecule is Cc1cc(COC(=O)N2CCc3ccccc3C2c2cc(Cl)ccc2OCC(=O)O)n(C)n1. The van der Waals surface area contributed by atoms with Gasteiger partial charge in [-0.25, -0.2) is 9.59 Å². The van der Waals surface area contributed by atoms with Gasteiger partial charge in [0.2, 0.25) is 0 Å². The Morgan fingerprint density at radius 1 is 1.18 bits per heavy atom. The van der Waals surface area contributed by atoms with Crippen LogP contribution in [0.5, 0.6) is 5.75 Å². The van der Waals surface area contributed by atoms with E-state index in [0.29, 0.717) is 29.3 Å². The molecular weight excluding hydrogens is 446 g/mol. The number of carbonyl (C=O) groups is 2. The fourth-order valence-corrected chi connectivity index (χ4v) is 4.30. The van der Waals surface area contributed by atoms with Crippen LogP contribution in [0.2, 0.25) is 5.02 Å². The highest BCUT2D eigenvalue weighted by Gasteiger charge is 2.35. The van der Waals surface area contributed by atoms with Gasteiger partial charge < -0.3 is 14.6 Å². The summed E-state index contributed by atoms with van der Waals surface area (Å²) in [5, 5.41) is 13.8. The molecule has 0 spiro atoms. The zero-order chi connectivity index (χ0) is 23.5. The molecule has 4 rings (SSSR count). The van der Waals surface area contributed by atoms with E-state index in [1.165, 1.54) is 0 Å². The van der Waals surface area contributed by atoms with E-state index in [2.05, 4.69) is 5.10 Å². The first-order valence-electron chi connectivity index (χ1n) is 10.5. The van der Waals surface area contributed by atoms with Crippen molar-refractivity contribution in [3.63, 3.8) is 0 Å². The van der Waals surface area contributed by atoms with Gasteiger partial charge in [-0.3, -0.25) is 9.58 Å². The first-order valence-corrected chi connectivity index (χ1v) is 10.9. The minimum Gasteiger partial charge on any atom is -0.482 e. The largest absolute Gasteiger partial charge is 0.482 e. The lowest BCUT2D eigenvalue weighted by atomic mass is 9.88. The van der Waals surface area contributed by atoms with Crippen molar-refractivity contribution in [3.8, 4) is 5.75 Å². The van der Waals surface area contributed by atoms with Crippen LogP contribution in [-0.2, 0) is 29.6 Å². The Morgan fingerprint density at radius 3 is 2.70 bits per heavy atom. The lowest BCUT2D eigenvalue weighted by Gasteiger charge is -2.37. The first kappa shape index (κ1) is 22.7. The van der Waals surface area contributed by atoms with E-state index >= 15 is 0 Å². The second kappa shape index (κ2) is 9.54. The molecule has 2 aromatic carbocycles. The minimum atomic E-state index is -1.09. The van der Waals surface area contributed by atoms with Gasteiger partial charge in [-0.1, -0.05) is 35.9 Å². The van der Waals surface area contributed by atoms with Gasteiger partial charge in [-0.05, 0) is 48.7 Å². The number of benzene rings is 2. The molecule has 9 heteroatoms. The van der Waals surface area contributed by atoms with Crippen molar-refractivity contribution in [1.29, 1.82) is 0 Å². The Labute approximate surface area is 196 Å². The number of aromatic nitrogens is 2. The highest BCUT2D eigenvalue weighted by Crippen LogP contribution is 2.40. The van der Waals surface area contributed by atoms with Gasteiger partial charge in [0.05, 0.1) is 17.4 Å². The van der Waals surface area contributed by atoms with Gasteiger partial charge in [0.15, 0.2) is 6.61 Å². The number of carbonyl (C=O) groups excluding carboxylic acids is 1. The highest BCUT2D eigenvalue weighted by atomic mass is 35.5. The molecule has 1 amide bonds. The molecular formula is C24H24ClN3O5. The Balaban J connectivity index is 1.69. The minimum absolute atomic E-state index is 0.0823. The molecule has 33 heavy (non-hydrogen) atoms. The van der Waals surface area contributed by atoms with E-state index in [9.17, 15) is 9.59 Å². The number of hydrogen-bond donors (Lipinski definition) is 1. The van der Waals surface area contributed by atoms with Crippen molar-refractivity contribution in [2.24, 2.45) is 7.05 Å². The number of ether oxygens (including phenoxy) is 2. The number of halogens is 1. The number of fused-ring (bicyclic) bond motifs is 1. The average Bonchev–Trinajstić information content (AvgIpc) is 3.12. The third-order valence-corrected chi connectivity index (χ3v) is 5.81. The Bertz CT molecular complexity index is 1190. The maximum absolute atomic E-state index is 13.3. The van der Waals surface area contributed by atoms with Crippen LogP contribution < -0.4 is 4.74 Å². The summed E-state index contributed by atoms with van der Waals surface area (Å²) in [6.45, 7) is 1.88. The van der Waals surface area contributed by atoms with E-state index in [1.54, 1.807) is 34.8 Å². The van der Waals surface area contributed by atoms with Crippen LogP contribution in [-0.4, -0.2) is 45.0 Å². The third-order valence-electron chi connectivity index (χ3n) is 5.58. The molecule has 1 unspecified atom stereocenters. The van der Waals surface area contributed by atoms with Gasteiger partial charge in [-0.15, -0.1) is 0 Å². The molecule has 0 bridgehead atoms. The number of nitrogens with zero attached hydrogens (tertiary/aromatic N) is 3. The second-order valence-corrected chi connectivity index (χ2v) is 8.30. The molecule has 0 saturated carbocycles. The Kier molecular flexibility index (Phi) is 6.55. The third kappa shape index (κ3) is 4.96. The molecule has 1 aliphatic heterocycles. The average molecular weight is 470 g/mol. The summed E-state index contributed by atoms with van der Waals surface area (Å²) in [5.41, 5.74) is 4.23. The zero-order valence-corrected chi connectivity index (χ0v) is 19.1. The summed E-state index contributed by atoms with van der Waals surface area (Å²) in [7, 11) is 1.80. The Hall–Kier alpha value is -3.52. The summed E-state index contributed by atoms with van der Waals surface area (Å²) >= 11 is 6.30. The predicted molar refractivity (Wildman–Crippen MR) is 121 cm³/mol. The quantitative estimate of drug-likeness (QED) is 0.583. The van der Waals surface area contributed by atoms with Crippen molar-refractivity contribution in [2.45, 2.75) is 26.0 Å². The molecule has 1 N–H and O–H groups in total. The molecule has 0 fully saturated rings. The maximum Gasteiger partial charge on any atom is 0.410 e. The summed E-state index contributed by atoms with van der Waals surface area (Å²) < 4.78 is 12.9. The van der Waals surface area contributed by atoms with Crippen LogP contribution in [0.4, 0.5) is 4.79 Å². The van der Waals surface area contributed by atoms with Gasteiger partial charge in [0.25, 0.3) is 0 Å². The van der Waals surface area contributed by atoms with E-state index in [4.69, 9.17) is 26.2 Å². The van der Waals surface area contributed by atoms with Crippen molar-refractivity contribution in [1.82, 2.24) is 14.7 Å². The molecule has 0 radical (unpaired) electrons. The van der Waals surface area contributed by atoms with Gasteiger partial charge in [0.1, 0.15) is 12.4 Å². The van der Waals surface area contributed by atoms with E-state index < -0.39 is 24.7 Å². The lowest BCUT2D eigenvalue weighted by molar-refractivity contribution is -0.139. The molecule has 172 valence electrons. The fourth-order valence-electron chi connectivity index (χ4n) is 4.12. The Morgan fingerprint density at radius 2 is 1.97 bits per heavy atom. The standard InChI is InChI=1S/C24H24ClN3O5/c1-15-11-18(27(2)26-15)13-33-24(31)28-10-9-16-5-3-4-6-19(16)23(28)20-12-17(25)7-8-21(20)32-14-22(29)30/h3-8,11-12,23H,9-10,13-14H2,1-2H3,(H,29,30). The van der Waals surface area contributed by atoms with Crippen LogP contribution >= 0.6 is 11.6 Å². The summed E-state index contributed by atoms with van der Waals surface area (Å²) in [6.07, 6.45) is 0.177. The zero-order valence-electron chi connectivity index (χ0n) is 18.3. The molecule has 0 saturated heterocycles. The molecule has 0 aliphatic carbocycles. The van der Waals surface area contributed by atoms with E-state index in [-0.39, 0.29) is 6.61 Å². The van der Waals surface area contributed by atoms with Crippen LogP contribution in [0, 0.1) is 6.92 Å². The van der Waals surface area contributed by atoms with E-state index in [0.717, 1.165) is 22.5 Å². The highest BCUT2D eigenvalue weighted by molar-refractivity contribution is 6.30. The summed E-state index contributed by atoms with van der Waals surface area (Å²) in [6, 6.07) is 14.1. The van der Waals surface area contributed by atoms with Crippen LogP contribution in [0.1, 0.15) is 34.1 Å². The number of rotatable bonds is 6. The predicted octanol–water partition coefficient (Wildman–Crippen LogP) is 4.13. The monoisotopic (exact) mass is 469 g/mol. The van der Waals surface area contributed by atoms with Gasteiger partial charge >= 0.3 is 12.1 Å². The molecule has 2 heterocycles. The molecule has 1 atom stereocenters. The van der Waals surface area contributed by atoms with Crippen LogP contribution in [0.15, 0.2) is 48.5 Å². The summed E-state index contributed by atoms with van der Waals surface area (Å²) in [4.78, 5) is 26.0. The smallest absolute Gasteiger partial charge is 0.410 e. The van der Waals surface area contributed by atoms with Crippen molar-refractivity contribution >= 4 is 23.7 Å². The number of amides is 1. The van der Waals surface area contributed by atoms with Crippen molar-refractivity contribution in [2.75, 3.05) is 13.2 Å². The number of aliphatic carboxylic acids is 1. The van der Waals surface area contributed by atoms with E-state index in [1.807, 2.05) is 37.3 Å². The maximum atomic E-state index is 13.3. The number of carboxylic acids is 1. The van der Waals surface area contributed by atoms with Gasteiger partial charge in [-0.2, -0.15) is 5.10 Å². The number of carboxylic acid groups (broad SMARTS) is 1. The molecule has 1 aromatic heterocycles. The number of hydrogen-bond acceptors (Lipinski definition) is 5. The normalized spacial score (nSPS) is 15.1. The first-order chi connectivity index (χ1) is 15.8.